The molecule has 1 amide bonds. The number of benzene rings is 2. The summed E-state index contributed by atoms with van der Waals surface area (Å²) in [5, 5.41) is 3.23. The standard InChI is InChI=1S/C23H30N2O2S/c1-17-9-10-21(15-18(17)2)28-16-22(26)24-19(3)23(20-7-5-4-6-8-20)25-11-13-27-14-12-25/h4-10,15,19,23H,11-14,16H2,1-3H3,(H,24,26)/t19-,23+/m1/s1. The molecule has 3 rings (SSSR count). The van der Waals surface area contributed by atoms with Crippen LogP contribution in [-0.4, -0.2) is 48.9 Å². The monoisotopic (exact) mass is 398 g/mol. The number of amides is 1. The topological polar surface area (TPSA) is 41.6 Å². The van der Waals surface area contributed by atoms with Gasteiger partial charge in [0.05, 0.1) is 25.0 Å². The summed E-state index contributed by atoms with van der Waals surface area (Å²) in [7, 11) is 0. The fourth-order valence-electron chi connectivity index (χ4n) is 3.65. The average Bonchev–Trinajstić information content (AvgIpc) is 2.71. The molecule has 0 spiro atoms. The molecule has 4 nitrogen and oxygen atoms in total. The van der Waals surface area contributed by atoms with E-state index in [0.29, 0.717) is 5.75 Å². The number of morpholine rings is 1. The molecule has 1 aliphatic rings. The Morgan fingerprint density at radius 1 is 1.11 bits per heavy atom. The molecule has 1 heterocycles. The molecule has 28 heavy (non-hydrogen) atoms. The number of nitrogens with zero attached hydrogens (tertiary/aromatic N) is 1. The summed E-state index contributed by atoms with van der Waals surface area (Å²) in [6.45, 7) is 9.57. The van der Waals surface area contributed by atoms with Crippen molar-refractivity contribution in [2.75, 3.05) is 32.1 Å². The Bertz CT molecular complexity index is 775. The van der Waals surface area contributed by atoms with Crippen molar-refractivity contribution in [2.24, 2.45) is 0 Å². The van der Waals surface area contributed by atoms with E-state index in [1.54, 1.807) is 11.8 Å². The quantitative estimate of drug-likeness (QED) is 0.717. The smallest absolute Gasteiger partial charge is 0.230 e. The number of aryl methyl sites for hydroxylation is 2. The third-order valence-corrected chi connectivity index (χ3v) is 6.28. The highest BCUT2D eigenvalue weighted by molar-refractivity contribution is 8.00. The fraction of sp³-hybridized carbons (Fsp3) is 0.435. The number of ether oxygens (including phenoxy) is 1. The highest BCUT2D eigenvalue weighted by Crippen LogP contribution is 2.26. The molecule has 1 saturated heterocycles. The molecule has 0 aliphatic carbocycles. The SMILES string of the molecule is Cc1ccc(SCC(=O)N[C@H](C)[C@@H](c2ccccc2)N2CCOCC2)cc1C. The van der Waals surface area contributed by atoms with Crippen molar-refractivity contribution < 1.29 is 9.53 Å². The molecule has 0 unspecified atom stereocenters. The third-order valence-electron chi connectivity index (χ3n) is 5.29. The summed E-state index contributed by atoms with van der Waals surface area (Å²) in [4.78, 5) is 16.2. The van der Waals surface area contributed by atoms with Gasteiger partial charge in [-0.3, -0.25) is 9.69 Å². The molecule has 2 atom stereocenters. The lowest BCUT2D eigenvalue weighted by Gasteiger charge is -2.38. The molecular formula is C23H30N2O2S. The minimum atomic E-state index is 0.0216. The van der Waals surface area contributed by atoms with Crippen LogP contribution in [-0.2, 0) is 9.53 Å². The van der Waals surface area contributed by atoms with E-state index in [0.717, 1.165) is 31.2 Å². The Labute approximate surface area is 172 Å². The van der Waals surface area contributed by atoms with E-state index in [2.05, 4.69) is 73.5 Å². The maximum Gasteiger partial charge on any atom is 0.230 e. The summed E-state index contributed by atoms with van der Waals surface area (Å²) >= 11 is 1.59. The molecule has 0 saturated carbocycles. The minimum Gasteiger partial charge on any atom is -0.379 e. The van der Waals surface area contributed by atoms with Crippen molar-refractivity contribution >= 4 is 17.7 Å². The molecule has 2 aromatic rings. The lowest BCUT2D eigenvalue weighted by Crippen LogP contribution is -2.48. The van der Waals surface area contributed by atoms with Crippen LogP contribution in [0, 0.1) is 13.8 Å². The highest BCUT2D eigenvalue weighted by Gasteiger charge is 2.28. The van der Waals surface area contributed by atoms with E-state index in [9.17, 15) is 4.79 Å². The summed E-state index contributed by atoms with van der Waals surface area (Å²) in [6, 6.07) is 17.0. The fourth-order valence-corrected chi connectivity index (χ4v) is 4.45. The van der Waals surface area contributed by atoms with Crippen molar-refractivity contribution in [1.29, 1.82) is 0 Å². The van der Waals surface area contributed by atoms with Crippen LogP contribution in [0.25, 0.3) is 0 Å². The lowest BCUT2D eigenvalue weighted by atomic mass is 9.98. The van der Waals surface area contributed by atoms with E-state index < -0.39 is 0 Å². The Kier molecular flexibility index (Phi) is 7.54. The van der Waals surface area contributed by atoms with Gasteiger partial charge in [-0.1, -0.05) is 36.4 Å². The molecule has 0 bridgehead atoms. The molecule has 150 valence electrons. The van der Waals surface area contributed by atoms with Gasteiger partial charge in [-0.25, -0.2) is 0 Å². The molecule has 5 heteroatoms. The molecular weight excluding hydrogens is 368 g/mol. The Hall–Kier alpha value is -1.82. The van der Waals surface area contributed by atoms with Gasteiger partial charge in [0.25, 0.3) is 0 Å². The number of rotatable bonds is 7. The number of carbonyl (C=O) groups is 1. The third kappa shape index (κ3) is 5.60. The van der Waals surface area contributed by atoms with Crippen molar-refractivity contribution in [3.8, 4) is 0 Å². The first-order valence-electron chi connectivity index (χ1n) is 9.91. The Balaban J connectivity index is 1.62. The maximum atomic E-state index is 12.6. The second-order valence-electron chi connectivity index (χ2n) is 7.39. The predicted octanol–water partition coefficient (Wildman–Crippen LogP) is 3.97. The van der Waals surface area contributed by atoms with Crippen LogP contribution in [0.2, 0.25) is 0 Å². The van der Waals surface area contributed by atoms with Crippen LogP contribution in [0.5, 0.6) is 0 Å². The molecule has 1 N–H and O–H groups in total. The predicted molar refractivity (Wildman–Crippen MR) is 116 cm³/mol. The first-order valence-corrected chi connectivity index (χ1v) is 10.9. The van der Waals surface area contributed by atoms with Gasteiger partial charge in [0.1, 0.15) is 0 Å². The van der Waals surface area contributed by atoms with E-state index >= 15 is 0 Å². The summed E-state index contributed by atoms with van der Waals surface area (Å²) < 4.78 is 5.52. The van der Waals surface area contributed by atoms with E-state index in [1.807, 2.05) is 6.07 Å². The van der Waals surface area contributed by atoms with Crippen LogP contribution in [0.1, 0.15) is 29.7 Å². The largest absolute Gasteiger partial charge is 0.379 e. The van der Waals surface area contributed by atoms with Crippen LogP contribution < -0.4 is 5.32 Å². The Morgan fingerprint density at radius 2 is 1.82 bits per heavy atom. The number of thioether (sulfide) groups is 1. The van der Waals surface area contributed by atoms with Crippen LogP contribution >= 0.6 is 11.8 Å². The number of nitrogens with one attached hydrogen (secondary N) is 1. The summed E-state index contributed by atoms with van der Waals surface area (Å²) in [6.07, 6.45) is 0. The van der Waals surface area contributed by atoms with Gasteiger partial charge in [0, 0.05) is 24.0 Å². The van der Waals surface area contributed by atoms with Crippen molar-refractivity contribution in [2.45, 2.75) is 37.8 Å². The highest BCUT2D eigenvalue weighted by atomic mass is 32.2. The van der Waals surface area contributed by atoms with Crippen molar-refractivity contribution in [3.05, 3.63) is 65.2 Å². The van der Waals surface area contributed by atoms with Crippen LogP contribution in [0.3, 0.4) is 0 Å². The van der Waals surface area contributed by atoms with Gasteiger partial charge >= 0.3 is 0 Å². The van der Waals surface area contributed by atoms with Crippen molar-refractivity contribution in [1.82, 2.24) is 10.2 Å². The molecule has 0 aromatic heterocycles. The van der Waals surface area contributed by atoms with Gasteiger partial charge in [-0.05, 0) is 49.6 Å². The van der Waals surface area contributed by atoms with Crippen LogP contribution in [0.15, 0.2) is 53.4 Å². The first kappa shape index (κ1) is 20.9. The van der Waals surface area contributed by atoms with Gasteiger partial charge in [0.2, 0.25) is 5.91 Å². The number of hydrogen-bond donors (Lipinski definition) is 1. The van der Waals surface area contributed by atoms with E-state index in [4.69, 9.17) is 4.74 Å². The van der Waals surface area contributed by atoms with Crippen molar-refractivity contribution in [3.63, 3.8) is 0 Å². The van der Waals surface area contributed by atoms with Gasteiger partial charge in [0.15, 0.2) is 0 Å². The van der Waals surface area contributed by atoms with Gasteiger partial charge in [-0.2, -0.15) is 0 Å². The average molecular weight is 399 g/mol. The van der Waals surface area contributed by atoms with E-state index in [-0.39, 0.29) is 18.0 Å². The van der Waals surface area contributed by atoms with Gasteiger partial charge < -0.3 is 10.1 Å². The zero-order chi connectivity index (χ0) is 19.9. The van der Waals surface area contributed by atoms with Crippen LogP contribution in [0.4, 0.5) is 0 Å². The summed E-state index contributed by atoms with van der Waals surface area (Å²) in [5.41, 5.74) is 3.77. The molecule has 2 aromatic carbocycles. The maximum absolute atomic E-state index is 12.6. The number of hydrogen-bond acceptors (Lipinski definition) is 4. The second-order valence-corrected chi connectivity index (χ2v) is 8.44. The second kappa shape index (κ2) is 10.1. The van der Waals surface area contributed by atoms with Gasteiger partial charge in [-0.15, -0.1) is 11.8 Å². The van der Waals surface area contributed by atoms with E-state index in [1.165, 1.54) is 16.7 Å². The summed E-state index contributed by atoms with van der Waals surface area (Å²) in [5.74, 6) is 0.502. The first-order chi connectivity index (χ1) is 13.5. The lowest BCUT2D eigenvalue weighted by molar-refractivity contribution is -0.119. The number of carbonyl (C=O) groups excluding carboxylic acids is 1. The normalized spacial score (nSPS) is 17.1. The zero-order valence-electron chi connectivity index (χ0n) is 17.0. The minimum absolute atomic E-state index is 0.0216. The zero-order valence-corrected chi connectivity index (χ0v) is 17.8. The Morgan fingerprint density at radius 3 is 2.50 bits per heavy atom. The molecule has 0 radical (unpaired) electrons. The molecule has 1 aliphatic heterocycles. The molecule has 1 fully saturated rings.